The van der Waals surface area contributed by atoms with E-state index in [1.807, 2.05) is 0 Å². The molecule has 3 N–H and O–H groups in total. The molecule has 112 valence electrons. The number of rotatable bonds is 4. The van der Waals surface area contributed by atoms with Crippen molar-refractivity contribution >= 4 is 29.7 Å². The number of hydrogen-bond donors (Lipinski definition) is 3. The van der Waals surface area contributed by atoms with Crippen LogP contribution in [0.5, 0.6) is 0 Å². The first-order valence-corrected chi connectivity index (χ1v) is 7.85. The molecule has 2 rings (SSSR count). The molecule has 0 saturated carbocycles. The standard InChI is InChI=1S/C12H19N3O4S/c16-10-2-1-8(14-10)6-13-12(19)15-3-4-20-7-9(15)5-11(17)18/h8-9H,1-7H2,(H,13,19)(H,14,16)(H,17,18). The van der Waals surface area contributed by atoms with Crippen molar-refractivity contribution in [2.45, 2.75) is 31.3 Å². The van der Waals surface area contributed by atoms with Crippen LogP contribution in [0.4, 0.5) is 4.79 Å². The van der Waals surface area contributed by atoms with Crippen molar-refractivity contribution in [2.24, 2.45) is 0 Å². The second-order valence-corrected chi connectivity index (χ2v) is 6.16. The molecule has 0 aromatic heterocycles. The van der Waals surface area contributed by atoms with Gasteiger partial charge in [-0.15, -0.1) is 0 Å². The largest absolute Gasteiger partial charge is 0.481 e. The van der Waals surface area contributed by atoms with Crippen LogP contribution in [0.3, 0.4) is 0 Å². The van der Waals surface area contributed by atoms with E-state index >= 15 is 0 Å². The minimum Gasteiger partial charge on any atom is -0.481 e. The first-order valence-electron chi connectivity index (χ1n) is 6.69. The lowest BCUT2D eigenvalue weighted by molar-refractivity contribution is -0.138. The number of amides is 3. The number of carboxylic acids is 1. The molecule has 2 saturated heterocycles. The summed E-state index contributed by atoms with van der Waals surface area (Å²) in [6.45, 7) is 0.958. The van der Waals surface area contributed by atoms with Crippen LogP contribution >= 0.6 is 11.8 Å². The van der Waals surface area contributed by atoms with E-state index in [2.05, 4.69) is 10.6 Å². The van der Waals surface area contributed by atoms with Gasteiger partial charge in [0.1, 0.15) is 0 Å². The van der Waals surface area contributed by atoms with Gasteiger partial charge in [0.05, 0.1) is 12.5 Å². The van der Waals surface area contributed by atoms with Gasteiger partial charge in [-0.1, -0.05) is 0 Å². The summed E-state index contributed by atoms with van der Waals surface area (Å²) in [4.78, 5) is 35.6. The van der Waals surface area contributed by atoms with Gasteiger partial charge in [-0.3, -0.25) is 9.59 Å². The van der Waals surface area contributed by atoms with Gasteiger partial charge in [-0.05, 0) is 6.42 Å². The maximum atomic E-state index is 12.1. The van der Waals surface area contributed by atoms with Crippen molar-refractivity contribution < 1.29 is 19.5 Å². The summed E-state index contributed by atoms with van der Waals surface area (Å²) in [7, 11) is 0. The van der Waals surface area contributed by atoms with Crippen molar-refractivity contribution in [1.29, 1.82) is 0 Å². The number of carbonyl (C=O) groups is 3. The van der Waals surface area contributed by atoms with Crippen LogP contribution in [-0.4, -0.2) is 64.6 Å². The first kappa shape index (κ1) is 15.0. The summed E-state index contributed by atoms with van der Waals surface area (Å²) in [6.07, 6.45) is 1.20. The zero-order chi connectivity index (χ0) is 14.5. The van der Waals surface area contributed by atoms with Crippen LogP contribution in [-0.2, 0) is 9.59 Å². The van der Waals surface area contributed by atoms with Gasteiger partial charge in [-0.2, -0.15) is 11.8 Å². The average Bonchev–Trinajstić information content (AvgIpc) is 2.82. The fourth-order valence-corrected chi connectivity index (χ4v) is 3.50. The molecule has 2 aliphatic heterocycles. The molecule has 0 aliphatic carbocycles. The number of aliphatic carboxylic acids is 1. The normalized spacial score (nSPS) is 26.2. The smallest absolute Gasteiger partial charge is 0.317 e. The van der Waals surface area contributed by atoms with Gasteiger partial charge in [0, 0.05) is 37.1 Å². The Kier molecular flexibility index (Phi) is 5.11. The molecule has 0 spiro atoms. The Balaban J connectivity index is 1.82. The van der Waals surface area contributed by atoms with E-state index in [1.54, 1.807) is 16.7 Å². The van der Waals surface area contributed by atoms with Gasteiger partial charge in [0.25, 0.3) is 0 Å². The number of carbonyl (C=O) groups excluding carboxylic acids is 2. The summed E-state index contributed by atoms with van der Waals surface area (Å²) in [5.74, 6) is 0.601. The van der Waals surface area contributed by atoms with E-state index in [0.717, 1.165) is 12.2 Å². The summed E-state index contributed by atoms with van der Waals surface area (Å²) in [6, 6.07) is -0.509. The van der Waals surface area contributed by atoms with E-state index < -0.39 is 5.97 Å². The minimum atomic E-state index is -0.890. The predicted molar refractivity (Wildman–Crippen MR) is 74.6 cm³/mol. The van der Waals surface area contributed by atoms with Crippen LogP contribution < -0.4 is 10.6 Å². The van der Waals surface area contributed by atoms with Crippen molar-refractivity contribution in [3.63, 3.8) is 0 Å². The number of carboxylic acid groups (broad SMARTS) is 1. The maximum absolute atomic E-state index is 12.1. The third-order valence-electron chi connectivity index (χ3n) is 3.48. The van der Waals surface area contributed by atoms with Crippen molar-refractivity contribution in [1.82, 2.24) is 15.5 Å². The second-order valence-electron chi connectivity index (χ2n) is 5.01. The number of nitrogens with one attached hydrogen (secondary N) is 2. The lowest BCUT2D eigenvalue weighted by atomic mass is 10.2. The molecule has 0 aromatic carbocycles. The summed E-state index contributed by atoms with van der Waals surface area (Å²) < 4.78 is 0. The van der Waals surface area contributed by atoms with E-state index in [9.17, 15) is 14.4 Å². The molecule has 0 aromatic rings. The molecular weight excluding hydrogens is 282 g/mol. The van der Waals surface area contributed by atoms with Crippen LogP contribution in [0.1, 0.15) is 19.3 Å². The Morgan fingerprint density at radius 2 is 2.30 bits per heavy atom. The van der Waals surface area contributed by atoms with Crippen molar-refractivity contribution in [3.8, 4) is 0 Å². The first-order chi connectivity index (χ1) is 9.56. The van der Waals surface area contributed by atoms with Gasteiger partial charge in [0.15, 0.2) is 0 Å². The van der Waals surface area contributed by atoms with E-state index in [0.29, 0.717) is 25.3 Å². The summed E-state index contributed by atoms with van der Waals surface area (Å²) in [5, 5.41) is 14.5. The number of nitrogens with zero attached hydrogens (tertiary/aromatic N) is 1. The van der Waals surface area contributed by atoms with E-state index in [4.69, 9.17) is 5.11 Å². The van der Waals surface area contributed by atoms with Crippen molar-refractivity contribution in [2.75, 3.05) is 24.6 Å². The Labute approximate surface area is 121 Å². The number of hydrogen-bond acceptors (Lipinski definition) is 4. The summed E-state index contributed by atoms with van der Waals surface area (Å²) in [5.41, 5.74) is 0. The Morgan fingerprint density at radius 3 is 2.95 bits per heavy atom. The molecule has 0 bridgehead atoms. The Bertz CT molecular complexity index is 404. The highest BCUT2D eigenvalue weighted by molar-refractivity contribution is 7.99. The van der Waals surface area contributed by atoms with E-state index in [-0.39, 0.29) is 30.4 Å². The fraction of sp³-hybridized carbons (Fsp3) is 0.750. The third kappa shape index (κ3) is 4.03. The van der Waals surface area contributed by atoms with Gasteiger partial charge in [0.2, 0.25) is 5.91 Å². The SMILES string of the molecule is O=C(O)CC1CSCCN1C(=O)NCC1CCC(=O)N1. The monoisotopic (exact) mass is 301 g/mol. The van der Waals surface area contributed by atoms with E-state index in [1.165, 1.54) is 0 Å². The molecule has 2 heterocycles. The third-order valence-corrected chi connectivity index (χ3v) is 4.58. The molecule has 8 heteroatoms. The molecule has 0 radical (unpaired) electrons. The Hall–Kier alpha value is -1.44. The highest BCUT2D eigenvalue weighted by Gasteiger charge is 2.29. The fourth-order valence-electron chi connectivity index (χ4n) is 2.44. The van der Waals surface area contributed by atoms with Crippen molar-refractivity contribution in [3.05, 3.63) is 0 Å². The lowest BCUT2D eigenvalue weighted by Crippen LogP contribution is -2.53. The van der Waals surface area contributed by atoms with Gasteiger partial charge >= 0.3 is 12.0 Å². The maximum Gasteiger partial charge on any atom is 0.317 e. The topological polar surface area (TPSA) is 98.7 Å². The van der Waals surface area contributed by atoms with Crippen LogP contribution in [0, 0.1) is 0 Å². The summed E-state index contributed by atoms with van der Waals surface area (Å²) >= 11 is 1.67. The Morgan fingerprint density at radius 1 is 1.50 bits per heavy atom. The van der Waals surface area contributed by atoms with Gasteiger partial charge in [-0.25, -0.2) is 4.79 Å². The quantitative estimate of drug-likeness (QED) is 0.671. The van der Waals surface area contributed by atoms with Gasteiger partial charge < -0.3 is 20.6 Å². The molecule has 2 aliphatic rings. The second kappa shape index (κ2) is 6.83. The molecular formula is C12H19N3O4S. The number of thioether (sulfide) groups is 1. The average molecular weight is 301 g/mol. The molecule has 2 fully saturated rings. The number of urea groups is 1. The molecule has 3 amide bonds. The predicted octanol–water partition coefficient (Wildman–Crippen LogP) is -0.133. The highest BCUT2D eigenvalue weighted by Crippen LogP contribution is 2.19. The zero-order valence-corrected chi connectivity index (χ0v) is 11.9. The molecule has 7 nitrogen and oxygen atoms in total. The minimum absolute atomic E-state index is 0.0106. The zero-order valence-electron chi connectivity index (χ0n) is 11.1. The highest BCUT2D eigenvalue weighted by atomic mass is 32.2. The molecule has 2 atom stereocenters. The molecule has 20 heavy (non-hydrogen) atoms. The van der Waals surface area contributed by atoms with Crippen LogP contribution in [0.2, 0.25) is 0 Å². The van der Waals surface area contributed by atoms with Crippen LogP contribution in [0.25, 0.3) is 0 Å². The lowest BCUT2D eigenvalue weighted by Gasteiger charge is -2.34. The molecule has 2 unspecified atom stereocenters. The van der Waals surface area contributed by atoms with Crippen LogP contribution in [0.15, 0.2) is 0 Å².